The first-order valence-corrected chi connectivity index (χ1v) is 9.55. The third-order valence-corrected chi connectivity index (χ3v) is 5.16. The Balaban J connectivity index is 0.00000300. The van der Waals surface area contributed by atoms with Crippen LogP contribution in [0.2, 0.25) is 0 Å². The van der Waals surface area contributed by atoms with Gasteiger partial charge in [0, 0.05) is 58.5 Å². The Morgan fingerprint density at radius 1 is 1.21 bits per heavy atom. The smallest absolute Gasteiger partial charge is 0.374 e. The molecular formula is C19H29F3IN5O. The minimum absolute atomic E-state index is 0. The highest BCUT2D eigenvalue weighted by molar-refractivity contribution is 14.0. The van der Waals surface area contributed by atoms with Crippen LogP contribution < -0.4 is 10.2 Å². The minimum atomic E-state index is -4.32. The Kier molecular flexibility index (Phi) is 8.83. The van der Waals surface area contributed by atoms with E-state index in [1.54, 1.807) is 13.1 Å². The van der Waals surface area contributed by atoms with Crippen LogP contribution in [0.1, 0.15) is 5.56 Å². The monoisotopic (exact) mass is 527 g/mol. The van der Waals surface area contributed by atoms with E-state index >= 15 is 0 Å². The summed E-state index contributed by atoms with van der Waals surface area (Å²) in [5, 5.41) is 3.37. The number of rotatable bonds is 3. The van der Waals surface area contributed by atoms with Crippen molar-refractivity contribution in [2.24, 2.45) is 4.99 Å². The second-order valence-corrected chi connectivity index (χ2v) is 7.21. The van der Waals surface area contributed by atoms with E-state index in [-0.39, 0.29) is 30.1 Å². The maximum absolute atomic E-state index is 12.9. The predicted molar refractivity (Wildman–Crippen MR) is 119 cm³/mol. The second-order valence-electron chi connectivity index (χ2n) is 7.21. The van der Waals surface area contributed by atoms with Crippen molar-refractivity contribution in [2.75, 3.05) is 71.4 Å². The number of nitrogens with one attached hydrogen (secondary N) is 1. The summed E-state index contributed by atoms with van der Waals surface area (Å²) in [6, 6.07) is 5.52. The van der Waals surface area contributed by atoms with Gasteiger partial charge in [0.05, 0.1) is 18.3 Å². The van der Waals surface area contributed by atoms with E-state index in [0.29, 0.717) is 38.4 Å². The van der Waals surface area contributed by atoms with E-state index in [2.05, 4.69) is 27.2 Å². The van der Waals surface area contributed by atoms with E-state index in [1.807, 2.05) is 4.90 Å². The van der Waals surface area contributed by atoms with Crippen LogP contribution in [0.15, 0.2) is 29.3 Å². The molecule has 0 saturated carbocycles. The zero-order valence-corrected chi connectivity index (χ0v) is 19.1. The molecule has 3 rings (SSSR count). The molecule has 10 heteroatoms. The molecule has 1 aromatic carbocycles. The van der Waals surface area contributed by atoms with Gasteiger partial charge in [0.15, 0.2) is 5.96 Å². The highest BCUT2D eigenvalue weighted by Gasteiger charge is 2.31. The Bertz CT molecular complexity index is 680. The number of likely N-dealkylation sites (N-methyl/N-ethyl adjacent to an activating group) is 1. The van der Waals surface area contributed by atoms with Gasteiger partial charge in [-0.15, -0.1) is 24.0 Å². The number of ether oxygens (including phenoxy) is 1. The van der Waals surface area contributed by atoms with Crippen molar-refractivity contribution >= 4 is 35.6 Å². The van der Waals surface area contributed by atoms with Crippen molar-refractivity contribution in [3.8, 4) is 0 Å². The number of anilines is 1. The summed E-state index contributed by atoms with van der Waals surface area (Å²) >= 11 is 0. The number of hydrogen-bond acceptors (Lipinski definition) is 4. The van der Waals surface area contributed by atoms with Crippen molar-refractivity contribution < 1.29 is 17.9 Å². The molecule has 1 atom stereocenters. The van der Waals surface area contributed by atoms with Crippen molar-refractivity contribution in [2.45, 2.75) is 12.3 Å². The van der Waals surface area contributed by atoms with E-state index in [1.165, 1.54) is 12.1 Å². The lowest BCUT2D eigenvalue weighted by atomic mass is 10.1. The molecule has 1 aromatic rings. The Morgan fingerprint density at radius 2 is 1.93 bits per heavy atom. The lowest BCUT2D eigenvalue weighted by Gasteiger charge is -2.38. The molecule has 0 radical (unpaired) electrons. The standard InChI is InChI=1S/C19H28F3N5O.HI/c1-23-18(24-13-17-14-25(2)10-11-28-17)27-8-6-26(7-9-27)16-5-3-4-15(12-16)19(20,21)22;/h3-5,12,17H,6-11,13-14H2,1-2H3,(H,23,24);1H. The van der Waals surface area contributed by atoms with E-state index in [9.17, 15) is 13.2 Å². The number of alkyl halides is 3. The molecule has 29 heavy (non-hydrogen) atoms. The van der Waals surface area contributed by atoms with Gasteiger partial charge < -0.3 is 24.8 Å². The third-order valence-electron chi connectivity index (χ3n) is 5.16. The highest BCUT2D eigenvalue weighted by atomic mass is 127. The first-order chi connectivity index (χ1) is 13.4. The molecule has 2 aliphatic rings. The number of piperazine rings is 1. The van der Waals surface area contributed by atoms with Gasteiger partial charge in [0.25, 0.3) is 0 Å². The minimum Gasteiger partial charge on any atom is -0.374 e. The molecule has 0 amide bonds. The van der Waals surface area contributed by atoms with Crippen LogP contribution in [0, 0.1) is 0 Å². The van der Waals surface area contributed by atoms with Crippen molar-refractivity contribution in [3.63, 3.8) is 0 Å². The zero-order chi connectivity index (χ0) is 20.1. The molecule has 2 fully saturated rings. The van der Waals surface area contributed by atoms with Crippen LogP contribution in [0.25, 0.3) is 0 Å². The maximum Gasteiger partial charge on any atom is 0.416 e. The quantitative estimate of drug-likeness (QED) is 0.372. The Labute approximate surface area is 187 Å². The number of hydrogen-bond donors (Lipinski definition) is 1. The average Bonchev–Trinajstić information content (AvgIpc) is 2.68. The van der Waals surface area contributed by atoms with Crippen LogP contribution in [0.3, 0.4) is 0 Å². The molecule has 2 saturated heterocycles. The molecular weight excluding hydrogens is 498 g/mol. The number of nitrogens with zero attached hydrogens (tertiary/aromatic N) is 4. The van der Waals surface area contributed by atoms with E-state index in [0.717, 1.165) is 31.7 Å². The SMILES string of the molecule is CN=C(NCC1CN(C)CCO1)N1CCN(c2cccc(C(F)(F)F)c2)CC1.I. The fourth-order valence-corrected chi connectivity index (χ4v) is 3.58. The molecule has 1 N–H and O–H groups in total. The fourth-order valence-electron chi connectivity index (χ4n) is 3.58. The lowest BCUT2D eigenvalue weighted by molar-refractivity contribution is -0.137. The molecule has 1 unspecified atom stereocenters. The summed E-state index contributed by atoms with van der Waals surface area (Å²) in [7, 11) is 3.83. The molecule has 2 aliphatic heterocycles. The van der Waals surface area contributed by atoms with Gasteiger partial charge in [0.1, 0.15) is 0 Å². The largest absolute Gasteiger partial charge is 0.416 e. The average molecular weight is 527 g/mol. The lowest BCUT2D eigenvalue weighted by Crippen LogP contribution is -2.54. The topological polar surface area (TPSA) is 43.3 Å². The molecule has 6 nitrogen and oxygen atoms in total. The molecule has 0 bridgehead atoms. The molecule has 2 heterocycles. The van der Waals surface area contributed by atoms with Crippen LogP contribution >= 0.6 is 24.0 Å². The van der Waals surface area contributed by atoms with Gasteiger partial charge in [-0.3, -0.25) is 4.99 Å². The Hall–Kier alpha value is -1.27. The number of aliphatic imine (C=N–C) groups is 1. The van der Waals surface area contributed by atoms with E-state index < -0.39 is 11.7 Å². The maximum atomic E-state index is 12.9. The number of guanidine groups is 1. The zero-order valence-electron chi connectivity index (χ0n) is 16.8. The molecule has 0 aliphatic carbocycles. The summed E-state index contributed by atoms with van der Waals surface area (Å²) in [5.41, 5.74) is -0.00146. The van der Waals surface area contributed by atoms with E-state index in [4.69, 9.17) is 4.74 Å². The number of benzene rings is 1. The summed E-state index contributed by atoms with van der Waals surface area (Å²) in [4.78, 5) is 10.7. The van der Waals surface area contributed by atoms with Gasteiger partial charge in [-0.1, -0.05) is 6.07 Å². The first kappa shape index (κ1) is 24.0. The molecule has 0 spiro atoms. The summed E-state index contributed by atoms with van der Waals surface area (Å²) in [5.74, 6) is 0.806. The summed E-state index contributed by atoms with van der Waals surface area (Å²) in [6.07, 6.45) is -4.19. The molecule has 0 aromatic heterocycles. The first-order valence-electron chi connectivity index (χ1n) is 9.55. The third kappa shape index (κ3) is 6.61. The predicted octanol–water partition coefficient (Wildman–Crippen LogP) is 2.35. The molecule has 164 valence electrons. The highest BCUT2D eigenvalue weighted by Crippen LogP contribution is 2.31. The van der Waals surface area contributed by atoms with Gasteiger partial charge in [-0.05, 0) is 25.2 Å². The second kappa shape index (κ2) is 10.7. The van der Waals surface area contributed by atoms with Gasteiger partial charge >= 0.3 is 6.18 Å². The number of morpholine rings is 1. The fraction of sp³-hybridized carbons (Fsp3) is 0.632. The normalized spacial score (nSPS) is 21.7. The van der Waals surface area contributed by atoms with Gasteiger partial charge in [0.2, 0.25) is 0 Å². The van der Waals surface area contributed by atoms with Crippen LogP contribution in [-0.2, 0) is 10.9 Å². The van der Waals surface area contributed by atoms with Crippen molar-refractivity contribution in [3.05, 3.63) is 29.8 Å². The summed E-state index contributed by atoms with van der Waals surface area (Å²) in [6.45, 7) is 5.93. The van der Waals surface area contributed by atoms with Crippen LogP contribution in [0.5, 0.6) is 0 Å². The Morgan fingerprint density at radius 3 is 2.55 bits per heavy atom. The van der Waals surface area contributed by atoms with Crippen molar-refractivity contribution in [1.82, 2.24) is 15.1 Å². The summed E-state index contributed by atoms with van der Waals surface area (Å²) < 4.78 is 44.6. The van der Waals surface area contributed by atoms with Gasteiger partial charge in [-0.2, -0.15) is 13.2 Å². The van der Waals surface area contributed by atoms with Crippen LogP contribution in [-0.4, -0.2) is 88.4 Å². The number of halogens is 4. The van der Waals surface area contributed by atoms with Crippen molar-refractivity contribution in [1.29, 1.82) is 0 Å². The van der Waals surface area contributed by atoms with Gasteiger partial charge in [-0.25, -0.2) is 0 Å². The van der Waals surface area contributed by atoms with Crippen LogP contribution in [0.4, 0.5) is 18.9 Å².